The lowest BCUT2D eigenvalue weighted by Crippen LogP contribution is -2.61. The van der Waals surface area contributed by atoms with Gasteiger partial charge in [-0.15, -0.1) is 0 Å². The molecule has 3 atom stereocenters. The summed E-state index contributed by atoms with van der Waals surface area (Å²) in [6, 6.07) is -0.149. The Morgan fingerprint density at radius 1 is 1.60 bits per heavy atom. The van der Waals surface area contributed by atoms with E-state index in [9.17, 15) is 14.7 Å². The van der Waals surface area contributed by atoms with Crippen molar-refractivity contribution in [3.05, 3.63) is 11.3 Å². The fraction of sp³-hybridized carbons (Fsp3) is 0.600. The molecule has 0 saturated carbocycles. The molecule has 0 unspecified atom stereocenters. The molecule has 2 N–H and O–H groups in total. The van der Waals surface area contributed by atoms with Gasteiger partial charge in [0.05, 0.1) is 18.1 Å². The highest BCUT2D eigenvalue weighted by Gasteiger charge is 2.55. The Morgan fingerprint density at radius 2 is 2.20 bits per heavy atom. The Kier molecular flexibility index (Phi) is 2.08. The fourth-order valence-electron chi connectivity index (χ4n) is 2.49. The molecular formula is C10H13NO4. The summed E-state index contributed by atoms with van der Waals surface area (Å²) >= 11 is 0. The third kappa shape index (κ3) is 1.19. The van der Waals surface area contributed by atoms with Crippen LogP contribution in [-0.4, -0.2) is 39.1 Å². The second kappa shape index (κ2) is 3.06. The number of β-lactam (4-membered cyclic amide) rings is 1. The van der Waals surface area contributed by atoms with Crippen molar-refractivity contribution in [2.24, 2.45) is 5.92 Å². The van der Waals surface area contributed by atoms with E-state index < -0.39 is 18.0 Å². The first-order valence-corrected chi connectivity index (χ1v) is 4.89. The largest absolute Gasteiger partial charge is 0.477 e. The van der Waals surface area contributed by atoms with Gasteiger partial charge in [0.2, 0.25) is 5.91 Å². The number of carboxylic acid groups (broad SMARTS) is 1. The maximum atomic E-state index is 11.6. The molecule has 2 aliphatic heterocycles. The van der Waals surface area contributed by atoms with Crippen LogP contribution < -0.4 is 0 Å². The van der Waals surface area contributed by atoms with Crippen molar-refractivity contribution in [1.82, 2.24) is 4.90 Å². The minimum absolute atomic E-state index is 0.0990. The van der Waals surface area contributed by atoms with E-state index in [4.69, 9.17) is 5.11 Å². The van der Waals surface area contributed by atoms with Gasteiger partial charge in [0.1, 0.15) is 5.70 Å². The zero-order chi connectivity index (χ0) is 11.3. The Labute approximate surface area is 87.0 Å². The van der Waals surface area contributed by atoms with Crippen LogP contribution in [0.25, 0.3) is 0 Å². The van der Waals surface area contributed by atoms with Gasteiger partial charge < -0.3 is 15.1 Å². The number of rotatable bonds is 2. The molecule has 1 fully saturated rings. The van der Waals surface area contributed by atoms with Crippen molar-refractivity contribution in [1.29, 1.82) is 0 Å². The summed E-state index contributed by atoms with van der Waals surface area (Å²) in [5.74, 6) is -1.77. The fourth-order valence-corrected chi connectivity index (χ4v) is 2.49. The molecule has 5 heteroatoms. The highest BCUT2D eigenvalue weighted by atomic mass is 16.4. The molecule has 0 aliphatic carbocycles. The average Bonchev–Trinajstić information content (AvgIpc) is 2.38. The van der Waals surface area contributed by atoms with Crippen LogP contribution in [0.2, 0.25) is 0 Å². The number of carboxylic acids is 1. The summed E-state index contributed by atoms with van der Waals surface area (Å²) < 4.78 is 0. The minimum Gasteiger partial charge on any atom is -0.477 e. The highest BCUT2D eigenvalue weighted by molar-refractivity contribution is 5.99. The lowest BCUT2D eigenvalue weighted by Gasteiger charge is -2.44. The van der Waals surface area contributed by atoms with Crippen LogP contribution in [0, 0.1) is 5.92 Å². The summed E-state index contributed by atoms with van der Waals surface area (Å²) in [5, 5.41) is 18.3. The van der Waals surface area contributed by atoms with Crippen molar-refractivity contribution in [2.45, 2.75) is 32.4 Å². The first kappa shape index (κ1) is 10.2. The topological polar surface area (TPSA) is 77.8 Å². The number of aliphatic hydroxyl groups excluding tert-OH is 1. The first-order chi connectivity index (χ1) is 6.95. The van der Waals surface area contributed by atoms with E-state index in [1.807, 2.05) is 0 Å². The first-order valence-electron chi connectivity index (χ1n) is 4.89. The number of carbonyl (C=O) groups is 2. The summed E-state index contributed by atoms with van der Waals surface area (Å²) in [6.45, 7) is 3.28. The van der Waals surface area contributed by atoms with Gasteiger partial charge >= 0.3 is 5.97 Å². The van der Waals surface area contributed by atoms with Crippen LogP contribution in [0.1, 0.15) is 20.3 Å². The van der Waals surface area contributed by atoms with Gasteiger partial charge in [-0.05, 0) is 25.8 Å². The smallest absolute Gasteiger partial charge is 0.352 e. The van der Waals surface area contributed by atoms with Crippen molar-refractivity contribution in [3.63, 3.8) is 0 Å². The van der Waals surface area contributed by atoms with Gasteiger partial charge in [-0.1, -0.05) is 0 Å². The van der Waals surface area contributed by atoms with E-state index in [0.29, 0.717) is 12.0 Å². The van der Waals surface area contributed by atoms with E-state index in [-0.39, 0.29) is 17.6 Å². The van der Waals surface area contributed by atoms with E-state index in [2.05, 4.69) is 0 Å². The van der Waals surface area contributed by atoms with Gasteiger partial charge in [0.25, 0.3) is 0 Å². The zero-order valence-corrected chi connectivity index (χ0v) is 8.60. The Balaban J connectivity index is 2.27. The molecule has 15 heavy (non-hydrogen) atoms. The molecule has 1 saturated heterocycles. The molecule has 0 aromatic rings. The minimum atomic E-state index is -1.06. The number of amides is 1. The number of fused-ring (bicyclic) bond motifs is 1. The van der Waals surface area contributed by atoms with Crippen LogP contribution in [0.15, 0.2) is 11.3 Å². The highest BCUT2D eigenvalue weighted by Crippen LogP contribution is 2.43. The standard InChI is InChI=1S/C10H13NO4/c1-4-3-6-7(5(2)12)9(13)11(6)8(4)10(14)15/h5-7,12H,3H2,1-2H3,(H,14,15)/t5-,6-,7-/m1/s1. The van der Waals surface area contributed by atoms with Gasteiger partial charge in [-0.25, -0.2) is 4.79 Å². The molecule has 0 aromatic heterocycles. The molecular weight excluding hydrogens is 198 g/mol. The number of hydrogen-bond acceptors (Lipinski definition) is 3. The van der Waals surface area contributed by atoms with Crippen molar-refractivity contribution in [2.75, 3.05) is 0 Å². The predicted octanol–water partition coefficient (Wildman–Crippen LogP) is -0.0435. The van der Waals surface area contributed by atoms with Gasteiger partial charge in [-0.3, -0.25) is 4.79 Å². The summed E-state index contributed by atoms with van der Waals surface area (Å²) in [4.78, 5) is 23.8. The van der Waals surface area contributed by atoms with Crippen LogP contribution in [0.3, 0.4) is 0 Å². The zero-order valence-electron chi connectivity index (χ0n) is 8.60. The number of carbonyl (C=O) groups excluding carboxylic acids is 1. The normalized spacial score (nSPS) is 31.4. The summed E-state index contributed by atoms with van der Waals surface area (Å²) in [5.41, 5.74) is 0.811. The maximum Gasteiger partial charge on any atom is 0.352 e. The Bertz CT molecular complexity index is 372. The van der Waals surface area contributed by atoms with Crippen LogP contribution in [0.4, 0.5) is 0 Å². The van der Waals surface area contributed by atoms with E-state index in [0.717, 1.165) is 0 Å². The van der Waals surface area contributed by atoms with E-state index in [1.165, 1.54) is 4.90 Å². The average molecular weight is 211 g/mol. The number of nitrogens with zero attached hydrogens (tertiary/aromatic N) is 1. The SMILES string of the molecule is CC1=C(C(=O)O)N2C(=O)[C@H]([C@@H](C)O)[C@H]2C1. The maximum absolute atomic E-state index is 11.6. The quantitative estimate of drug-likeness (QED) is 0.628. The monoisotopic (exact) mass is 211 g/mol. The third-order valence-electron chi connectivity index (χ3n) is 3.15. The second-order valence-electron chi connectivity index (χ2n) is 4.18. The molecule has 0 bridgehead atoms. The van der Waals surface area contributed by atoms with Gasteiger partial charge in [0, 0.05) is 0 Å². The number of hydrogen-bond donors (Lipinski definition) is 2. The second-order valence-corrected chi connectivity index (χ2v) is 4.18. The molecule has 2 rings (SSSR count). The molecule has 0 spiro atoms. The molecule has 5 nitrogen and oxygen atoms in total. The van der Waals surface area contributed by atoms with Crippen LogP contribution >= 0.6 is 0 Å². The summed E-state index contributed by atoms with van der Waals surface area (Å²) in [6.07, 6.45) is -0.150. The van der Waals surface area contributed by atoms with Gasteiger partial charge in [-0.2, -0.15) is 0 Å². The van der Waals surface area contributed by atoms with Crippen molar-refractivity contribution < 1.29 is 19.8 Å². The molecule has 0 aromatic carbocycles. The van der Waals surface area contributed by atoms with Crippen molar-refractivity contribution in [3.8, 4) is 0 Å². The van der Waals surface area contributed by atoms with Crippen LogP contribution in [-0.2, 0) is 9.59 Å². The molecule has 82 valence electrons. The number of aliphatic hydroxyl groups is 1. The Morgan fingerprint density at radius 3 is 2.67 bits per heavy atom. The van der Waals surface area contributed by atoms with Gasteiger partial charge in [0.15, 0.2) is 0 Å². The predicted molar refractivity (Wildman–Crippen MR) is 50.8 cm³/mol. The lowest BCUT2D eigenvalue weighted by molar-refractivity contribution is -0.161. The third-order valence-corrected chi connectivity index (χ3v) is 3.15. The van der Waals surface area contributed by atoms with E-state index >= 15 is 0 Å². The lowest BCUT2D eigenvalue weighted by atomic mass is 9.83. The number of aliphatic carboxylic acids is 1. The Hall–Kier alpha value is -1.36. The van der Waals surface area contributed by atoms with Crippen molar-refractivity contribution >= 4 is 11.9 Å². The molecule has 2 aliphatic rings. The summed E-state index contributed by atoms with van der Waals surface area (Å²) in [7, 11) is 0. The van der Waals surface area contributed by atoms with Crippen LogP contribution in [0.5, 0.6) is 0 Å². The molecule has 0 radical (unpaired) electrons. The molecule has 1 amide bonds. The van der Waals surface area contributed by atoms with E-state index in [1.54, 1.807) is 13.8 Å². The molecule has 2 heterocycles.